The Morgan fingerprint density at radius 3 is 1.75 bits per heavy atom. The fourth-order valence-corrected chi connectivity index (χ4v) is 0. The number of hydrogen-bond donors (Lipinski definition) is 0. The van der Waals surface area contributed by atoms with E-state index in [1.165, 1.54) is 0 Å². The van der Waals surface area contributed by atoms with Gasteiger partial charge in [0.15, 0.2) is 0 Å². The summed E-state index contributed by atoms with van der Waals surface area (Å²) in [6.45, 7) is 0. The van der Waals surface area contributed by atoms with Crippen LogP contribution < -0.4 is 0 Å². The van der Waals surface area contributed by atoms with Crippen LogP contribution in [0.4, 0.5) is 0 Å². The third kappa shape index (κ3) is 8.84. The van der Waals surface area contributed by atoms with E-state index >= 15 is 0 Å². The molecule has 0 aliphatic rings. The Balaban J connectivity index is 0. The van der Waals surface area contributed by atoms with Gasteiger partial charge in [-0.3, -0.25) is 0 Å². The van der Waals surface area contributed by atoms with Gasteiger partial charge in [0.05, 0.1) is 0 Å². The SMILES string of the molecule is [GeH4].[SbH2][Te][Ir]. The van der Waals surface area contributed by atoms with Crippen LogP contribution in [0.5, 0.6) is 0 Å². The van der Waals surface area contributed by atoms with Crippen molar-refractivity contribution in [1.29, 1.82) is 0 Å². The minimum atomic E-state index is 0. The number of hydrogen-bond acceptors (Lipinski definition) is 0. The molecule has 0 fully saturated rings. The van der Waals surface area contributed by atoms with E-state index in [1.807, 2.05) is 0 Å². The van der Waals surface area contributed by atoms with Crippen molar-refractivity contribution >= 4 is 50.6 Å². The Morgan fingerprint density at radius 1 is 1.75 bits per heavy atom. The van der Waals surface area contributed by atoms with Crippen molar-refractivity contribution in [2.75, 3.05) is 0 Å². The van der Waals surface area contributed by atoms with E-state index in [0.29, 0.717) is 13.9 Å². The molecular weight excluding hydrogens is 514 g/mol. The monoisotopic (exact) mass is 524 g/mol. The summed E-state index contributed by atoms with van der Waals surface area (Å²) >= 11 is 4.46. The van der Waals surface area contributed by atoms with Gasteiger partial charge in [-0.2, -0.15) is 0 Å². The van der Waals surface area contributed by atoms with Crippen LogP contribution in [0.3, 0.4) is 0 Å². The Morgan fingerprint density at radius 2 is 1.75 bits per heavy atom. The molecule has 30 valence electrons. The van der Waals surface area contributed by atoms with E-state index in [4.69, 9.17) is 0 Å². The maximum atomic E-state index is 2.31. The topological polar surface area (TPSA) is 0 Å². The normalized spacial score (nSPS) is 4.75. The molecule has 4 heteroatoms. The second kappa shape index (κ2) is 9.25. The van der Waals surface area contributed by atoms with Gasteiger partial charge in [-0.25, -0.2) is 0 Å². The Labute approximate surface area is 64.5 Å². The van der Waals surface area contributed by atoms with Crippen LogP contribution in [0.15, 0.2) is 0 Å². The zero-order valence-electron chi connectivity index (χ0n) is 1.32. The average Bonchev–Trinajstić information content (AvgIpc) is 0.918. The van der Waals surface area contributed by atoms with Gasteiger partial charge in [-0.15, -0.1) is 0 Å². The molecule has 0 aromatic rings. The molecule has 0 radical (unpaired) electrons. The van der Waals surface area contributed by atoms with E-state index in [0.717, 1.165) is 0 Å². The third-order valence-corrected chi connectivity index (χ3v) is 0. The first kappa shape index (κ1) is 9.93. The van der Waals surface area contributed by atoms with Gasteiger partial charge in [-0.05, 0) is 0 Å². The quantitative estimate of drug-likeness (QED) is 0.304. The molecule has 0 saturated heterocycles. The predicted molar refractivity (Wildman–Crippen MR) is 25.6 cm³/mol. The molecule has 4 heavy (non-hydrogen) atoms. The number of rotatable bonds is 0. The van der Waals surface area contributed by atoms with E-state index in [2.05, 4.69) is 15.4 Å². The summed E-state index contributed by atoms with van der Waals surface area (Å²) in [5.41, 5.74) is 0. The molecule has 0 unspecified atom stereocenters. The van der Waals surface area contributed by atoms with Crippen molar-refractivity contribution in [3.8, 4) is 0 Å². The van der Waals surface area contributed by atoms with Crippen LogP contribution >= 0.6 is 0 Å². The van der Waals surface area contributed by atoms with Crippen molar-refractivity contribution in [1.82, 2.24) is 0 Å². The molecule has 0 nitrogen and oxygen atoms in total. The first-order valence-corrected chi connectivity index (χ1v) is 18.1. The van der Waals surface area contributed by atoms with E-state index in [1.54, 1.807) is 19.1 Å². The molecular formula is H6GeIrSbTe. The summed E-state index contributed by atoms with van der Waals surface area (Å²) < 4.78 is 0. The molecule has 0 aliphatic carbocycles. The Bertz CT molecular complexity index is 8.00. The molecule has 0 aliphatic heterocycles. The molecule has 0 atom stereocenters. The zero-order valence-corrected chi connectivity index (χ0v) is 9.34. The second-order valence-electron chi connectivity index (χ2n) is 0.0786. The van der Waals surface area contributed by atoms with Crippen LogP contribution in [0, 0.1) is 0 Å². The predicted octanol–water partition coefficient (Wildman–Crippen LogP) is -2.75. The average molecular weight is 520 g/mol. The van der Waals surface area contributed by atoms with Gasteiger partial charge in [0.2, 0.25) is 0 Å². The van der Waals surface area contributed by atoms with Crippen LogP contribution in [0.1, 0.15) is 0 Å². The van der Waals surface area contributed by atoms with Crippen molar-refractivity contribution in [2.24, 2.45) is 0 Å². The van der Waals surface area contributed by atoms with Crippen molar-refractivity contribution in [3.05, 3.63) is 0 Å². The van der Waals surface area contributed by atoms with Crippen LogP contribution in [-0.2, 0) is 15.4 Å². The molecule has 0 N–H and O–H groups in total. The van der Waals surface area contributed by atoms with Gasteiger partial charge in [0, 0.05) is 0 Å². The molecule has 0 bridgehead atoms. The molecule has 0 heterocycles. The fraction of sp³-hybridized carbons (Fsp3) is 0. The standard InChI is InChI=1S/GeH4.Ir.Sb.Te.2H/h1H4;;;;;. The summed E-state index contributed by atoms with van der Waals surface area (Å²) in [7, 11) is 0. The van der Waals surface area contributed by atoms with Crippen LogP contribution in [0.25, 0.3) is 0 Å². The molecule has 0 aromatic carbocycles. The first-order chi connectivity index (χ1) is 1.41. The van der Waals surface area contributed by atoms with Crippen molar-refractivity contribution in [2.45, 2.75) is 0 Å². The Hall–Kier alpha value is 2.80. The molecule has 0 amide bonds. The summed E-state index contributed by atoms with van der Waals surface area (Å²) in [4.78, 5) is 0. The van der Waals surface area contributed by atoms with Gasteiger partial charge in [0.25, 0.3) is 0 Å². The molecule has 0 spiro atoms. The van der Waals surface area contributed by atoms with Gasteiger partial charge in [-0.1, -0.05) is 0 Å². The summed E-state index contributed by atoms with van der Waals surface area (Å²) in [6.07, 6.45) is 0. The van der Waals surface area contributed by atoms with E-state index in [9.17, 15) is 0 Å². The maximum absolute atomic E-state index is 2.31. The fourth-order valence-electron chi connectivity index (χ4n) is 0. The van der Waals surface area contributed by atoms with Gasteiger partial charge >= 0.3 is 66.0 Å². The van der Waals surface area contributed by atoms with Crippen LogP contribution in [0.2, 0.25) is 0 Å². The van der Waals surface area contributed by atoms with Gasteiger partial charge in [0.1, 0.15) is 0 Å². The second-order valence-corrected chi connectivity index (χ2v) is 28.9. The van der Waals surface area contributed by atoms with E-state index < -0.39 is 0 Å². The Kier molecular flexibility index (Phi) is 23.0. The first-order valence-electron chi connectivity index (χ1n) is 0.372. The van der Waals surface area contributed by atoms with Crippen LogP contribution in [-0.4, -0.2) is 50.6 Å². The molecule has 0 aromatic heterocycles. The summed E-state index contributed by atoms with van der Waals surface area (Å²) in [5, 5.41) is 0. The van der Waals surface area contributed by atoms with Crippen molar-refractivity contribution in [3.63, 3.8) is 0 Å². The van der Waals surface area contributed by atoms with Crippen molar-refractivity contribution < 1.29 is 15.4 Å². The van der Waals surface area contributed by atoms with Gasteiger partial charge < -0.3 is 0 Å². The molecule has 0 rings (SSSR count). The molecule has 0 saturated carbocycles. The minimum absolute atomic E-state index is 0. The summed E-state index contributed by atoms with van der Waals surface area (Å²) in [6, 6.07) is 0. The third-order valence-electron chi connectivity index (χ3n) is 0. The summed E-state index contributed by atoms with van der Waals surface area (Å²) in [5.74, 6) is 0. The van der Waals surface area contributed by atoms with E-state index in [-0.39, 0.29) is 17.6 Å². The zero-order chi connectivity index (χ0) is 2.71.